The van der Waals surface area contributed by atoms with Crippen LogP contribution in [0, 0.1) is 6.92 Å². The van der Waals surface area contributed by atoms with Gasteiger partial charge in [-0.3, -0.25) is 4.79 Å². The van der Waals surface area contributed by atoms with Gasteiger partial charge in [-0.05, 0) is 37.4 Å². The normalized spacial score (nSPS) is 14.2. The Bertz CT molecular complexity index is 805. The van der Waals surface area contributed by atoms with E-state index in [1.165, 1.54) is 0 Å². The SMILES string of the molecule is Cc1ccc(C(=O)Cc2ccc3c(c2)B(O)OC3(C)C)cc1.O=C=O. The number of ketones is 1. The summed E-state index contributed by atoms with van der Waals surface area (Å²) in [4.78, 5) is 28.6. The highest BCUT2D eigenvalue weighted by atomic mass is 16.5. The Balaban J connectivity index is 0.000000701. The van der Waals surface area contributed by atoms with Crippen molar-refractivity contribution < 1.29 is 24.1 Å². The molecular formula is C19H19BO5. The fourth-order valence-corrected chi connectivity index (χ4v) is 2.91. The number of hydrogen-bond donors (Lipinski definition) is 1. The molecule has 0 bridgehead atoms. The van der Waals surface area contributed by atoms with E-state index in [1.54, 1.807) is 0 Å². The van der Waals surface area contributed by atoms with Gasteiger partial charge in [0.2, 0.25) is 0 Å². The standard InChI is InChI=1S/C18H19BO3.CO2/c1-12-4-7-14(8-5-12)17(20)11-13-6-9-15-16(10-13)19(21)22-18(15,2)3;2-1-3/h4-10,21H,11H2,1-3H3;. The number of Topliss-reactive ketones (excluding diaryl/α,β-unsaturated/α-hetero) is 1. The molecule has 0 fully saturated rings. The van der Waals surface area contributed by atoms with Crippen molar-refractivity contribution in [3.8, 4) is 0 Å². The summed E-state index contributed by atoms with van der Waals surface area (Å²) in [6.07, 6.45) is 0.573. The van der Waals surface area contributed by atoms with Crippen LogP contribution in [0.1, 0.15) is 40.9 Å². The summed E-state index contributed by atoms with van der Waals surface area (Å²) >= 11 is 0. The van der Waals surface area contributed by atoms with Crippen LogP contribution in [0.4, 0.5) is 0 Å². The van der Waals surface area contributed by atoms with Gasteiger partial charge in [0.05, 0.1) is 5.60 Å². The zero-order valence-electron chi connectivity index (χ0n) is 14.4. The summed E-state index contributed by atoms with van der Waals surface area (Å²) in [6.45, 7) is 5.86. The molecule has 0 amide bonds. The molecule has 0 saturated carbocycles. The van der Waals surface area contributed by atoms with E-state index in [0.29, 0.717) is 12.0 Å². The van der Waals surface area contributed by atoms with Crippen molar-refractivity contribution in [1.82, 2.24) is 0 Å². The fraction of sp³-hybridized carbons (Fsp3) is 0.263. The molecule has 128 valence electrons. The molecule has 0 aliphatic carbocycles. The second kappa shape index (κ2) is 7.57. The lowest BCUT2D eigenvalue weighted by Crippen LogP contribution is -2.29. The minimum Gasteiger partial charge on any atom is -0.423 e. The summed E-state index contributed by atoms with van der Waals surface area (Å²) in [5.74, 6) is 0.0765. The van der Waals surface area contributed by atoms with Crippen LogP contribution < -0.4 is 5.46 Å². The molecule has 6 heteroatoms. The number of carbonyl (C=O) groups excluding carboxylic acids is 3. The predicted octanol–water partition coefficient (Wildman–Crippen LogP) is 1.79. The molecule has 5 nitrogen and oxygen atoms in total. The van der Waals surface area contributed by atoms with Crippen molar-refractivity contribution in [2.75, 3.05) is 0 Å². The number of rotatable bonds is 3. The fourth-order valence-electron chi connectivity index (χ4n) is 2.91. The highest BCUT2D eigenvalue weighted by Crippen LogP contribution is 2.30. The molecule has 1 heterocycles. The van der Waals surface area contributed by atoms with Gasteiger partial charge in [-0.1, -0.05) is 48.0 Å². The van der Waals surface area contributed by atoms with Gasteiger partial charge < -0.3 is 9.68 Å². The topological polar surface area (TPSA) is 80.7 Å². The van der Waals surface area contributed by atoms with Crippen LogP contribution in [0.25, 0.3) is 0 Å². The average molecular weight is 338 g/mol. The maximum absolute atomic E-state index is 12.3. The van der Waals surface area contributed by atoms with Gasteiger partial charge in [0, 0.05) is 12.0 Å². The van der Waals surface area contributed by atoms with E-state index in [0.717, 1.165) is 22.2 Å². The lowest BCUT2D eigenvalue weighted by Gasteiger charge is -2.19. The number of carbonyl (C=O) groups is 1. The lowest BCUT2D eigenvalue weighted by molar-refractivity contribution is -0.191. The highest BCUT2D eigenvalue weighted by molar-refractivity contribution is 6.62. The predicted molar refractivity (Wildman–Crippen MR) is 92.4 cm³/mol. The van der Waals surface area contributed by atoms with Crippen LogP contribution in [-0.4, -0.2) is 24.1 Å². The highest BCUT2D eigenvalue weighted by Gasteiger charge is 2.40. The molecule has 1 N–H and O–H groups in total. The number of benzene rings is 2. The molecule has 25 heavy (non-hydrogen) atoms. The van der Waals surface area contributed by atoms with Gasteiger partial charge in [0.25, 0.3) is 0 Å². The first-order chi connectivity index (χ1) is 11.8. The minimum absolute atomic E-state index is 0.0765. The second-order valence-corrected chi connectivity index (χ2v) is 6.45. The monoisotopic (exact) mass is 338 g/mol. The third-order valence-corrected chi connectivity index (χ3v) is 4.18. The number of aryl methyl sites for hydroxylation is 1. The van der Waals surface area contributed by atoms with Crippen LogP contribution in [0.2, 0.25) is 0 Å². The molecule has 1 aliphatic rings. The summed E-state index contributed by atoms with van der Waals surface area (Å²) < 4.78 is 5.55. The maximum atomic E-state index is 12.3. The Kier molecular flexibility index (Phi) is 5.70. The van der Waals surface area contributed by atoms with Gasteiger partial charge in [0.1, 0.15) is 0 Å². The first-order valence-electron chi connectivity index (χ1n) is 7.87. The van der Waals surface area contributed by atoms with E-state index in [9.17, 15) is 9.82 Å². The van der Waals surface area contributed by atoms with Crippen molar-refractivity contribution in [2.24, 2.45) is 0 Å². The first kappa shape index (κ1) is 18.8. The van der Waals surface area contributed by atoms with Crippen molar-refractivity contribution >= 4 is 24.5 Å². The molecular weight excluding hydrogens is 319 g/mol. The Morgan fingerprint density at radius 2 is 1.76 bits per heavy atom. The Hall–Kier alpha value is -2.53. The van der Waals surface area contributed by atoms with E-state index in [-0.39, 0.29) is 11.9 Å². The zero-order valence-corrected chi connectivity index (χ0v) is 14.4. The molecule has 0 radical (unpaired) electrons. The van der Waals surface area contributed by atoms with Crippen LogP contribution in [0.3, 0.4) is 0 Å². The van der Waals surface area contributed by atoms with Gasteiger partial charge in [-0.25, -0.2) is 0 Å². The molecule has 0 unspecified atom stereocenters. The van der Waals surface area contributed by atoms with Gasteiger partial charge in [0.15, 0.2) is 5.78 Å². The third-order valence-electron chi connectivity index (χ3n) is 4.18. The number of fused-ring (bicyclic) bond motifs is 1. The first-order valence-corrected chi connectivity index (χ1v) is 7.87. The molecule has 2 aromatic rings. The summed E-state index contributed by atoms with van der Waals surface area (Å²) in [5.41, 5.74) is 3.99. The molecule has 1 aliphatic heterocycles. The summed E-state index contributed by atoms with van der Waals surface area (Å²) in [7, 11) is -0.917. The van der Waals surface area contributed by atoms with E-state index in [4.69, 9.17) is 14.2 Å². The largest absolute Gasteiger partial charge is 0.492 e. The Morgan fingerprint density at radius 3 is 2.36 bits per heavy atom. The molecule has 3 rings (SSSR count). The third kappa shape index (κ3) is 4.31. The Labute approximate surface area is 146 Å². The van der Waals surface area contributed by atoms with Crippen molar-refractivity contribution in [3.05, 3.63) is 64.7 Å². The molecule has 2 aromatic carbocycles. The summed E-state index contributed by atoms with van der Waals surface area (Å²) in [6, 6.07) is 13.3. The quantitative estimate of drug-likeness (QED) is 0.682. The van der Waals surface area contributed by atoms with Crippen molar-refractivity contribution in [1.29, 1.82) is 0 Å². The molecule has 0 atom stereocenters. The lowest BCUT2D eigenvalue weighted by atomic mass is 9.77. The van der Waals surface area contributed by atoms with E-state index >= 15 is 0 Å². The van der Waals surface area contributed by atoms with E-state index in [2.05, 4.69) is 0 Å². The molecule has 0 spiro atoms. The van der Waals surface area contributed by atoms with Gasteiger partial charge in [-0.2, -0.15) is 9.59 Å². The average Bonchev–Trinajstić information content (AvgIpc) is 2.78. The van der Waals surface area contributed by atoms with Crippen molar-refractivity contribution in [3.63, 3.8) is 0 Å². The second-order valence-electron chi connectivity index (χ2n) is 6.45. The molecule has 0 saturated heterocycles. The maximum Gasteiger partial charge on any atom is 0.492 e. The Morgan fingerprint density at radius 1 is 1.16 bits per heavy atom. The van der Waals surface area contributed by atoms with Crippen LogP contribution in [-0.2, 0) is 26.3 Å². The van der Waals surface area contributed by atoms with E-state index in [1.807, 2.05) is 63.2 Å². The van der Waals surface area contributed by atoms with Crippen LogP contribution in [0.5, 0.6) is 0 Å². The molecule has 0 aromatic heterocycles. The van der Waals surface area contributed by atoms with Crippen LogP contribution in [0.15, 0.2) is 42.5 Å². The van der Waals surface area contributed by atoms with Gasteiger partial charge in [-0.15, -0.1) is 0 Å². The van der Waals surface area contributed by atoms with Crippen molar-refractivity contribution in [2.45, 2.75) is 32.8 Å². The van der Waals surface area contributed by atoms with Crippen LogP contribution >= 0.6 is 0 Å². The summed E-state index contributed by atoms with van der Waals surface area (Å²) in [5, 5.41) is 10.0. The van der Waals surface area contributed by atoms with E-state index < -0.39 is 12.7 Å². The number of hydrogen-bond acceptors (Lipinski definition) is 5. The minimum atomic E-state index is -0.917. The zero-order chi connectivity index (χ0) is 18.6. The van der Waals surface area contributed by atoms with Gasteiger partial charge >= 0.3 is 13.3 Å². The smallest absolute Gasteiger partial charge is 0.423 e.